The Morgan fingerprint density at radius 1 is 1.11 bits per heavy atom. The number of carbonyl (C=O) groups excluding carboxylic acids is 1. The van der Waals surface area contributed by atoms with Crippen molar-refractivity contribution in [2.24, 2.45) is 0 Å². The minimum Gasteiger partial charge on any atom is -0.487 e. The molecule has 2 unspecified atom stereocenters. The van der Waals surface area contributed by atoms with Crippen molar-refractivity contribution >= 4 is 39.5 Å². The van der Waals surface area contributed by atoms with Crippen molar-refractivity contribution in [2.75, 3.05) is 11.9 Å². The van der Waals surface area contributed by atoms with Gasteiger partial charge in [-0.15, -0.1) is 0 Å². The molecule has 144 valence electrons. The van der Waals surface area contributed by atoms with E-state index >= 15 is 0 Å². The van der Waals surface area contributed by atoms with Crippen LogP contribution >= 0.6 is 27.9 Å². The van der Waals surface area contributed by atoms with Crippen molar-refractivity contribution in [2.45, 2.75) is 50.5 Å². The number of amides is 1. The molecular weight excluding hydrogens is 422 g/mol. The van der Waals surface area contributed by atoms with E-state index < -0.39 is 0 Å². The molecule has 0 aromatic heterocycles. The zero-order valence-corrected chi connectivity index (χ0v) is 18.6. The van der Waals surface area contributed by atoms with Crippen LogP contribution in [-0.4, -0.2) is 23.9 Å². The highest BCUT2D eigenvalue weighted by molar-refractivity contribution is 9.09. The van der Waals surface area contributed by atoms with Crippen molar-refractivity contribution in [3.8, 4) is 5.75 Å². The molecule has 0 saturated heterocycles. The van der Waals surface area contributed by atoms with Gasteiger partial charge in [0.15, 0.2) is 11.4 Å². The molecule has 0 saturated carbocycles. The Hall–Kier alpha value is -1.30. The Labute approximate surface area is 175 Å². The van der Waals surface area contributed by atoms with Crippen LogP contribution in [0.15, 0.2) is 53.4 Å². The molecular formula is C22H27BrNO2S+. The molecule has 0 N–H and O–H groups in total. The van der Waals surface area contributed by atoms with Crippen LogP contribution in [-0.2, 0) is 4.79 Å². The summed E-state index contributed by atoms with van der Waals surface area (Å²) in [5.41, 5.74) is 2.07. The third-order valence-electron chi connectivity index (χ3n) is 5.06. The molecule has 1 aliphatic heterocycles. The van der Waals surface area contributed by atoms with Crippen LogP contribution in [0.5, 0.6) is 5.75 Å². The summed E-state index contributed by atoms with van der Waals surface area (Å²) in [4.78, 5) is 14.8. The molecule has 1 aliphatic rings. The zero-order valence-electron chi connectivity index (χ0n) is 16.2. The molecule has 1 amide bonds. The summed E-state index contributed by atoms with van der Waals surface area (Å²) in [6, 6.07) is 16.4. The first-order valence-corrected chi connectivity index (χ1v) is 11.4. The van der Waals surface area contributed by atoms with Crippen molar-refractivity contribution in [3.63, 3.8) is 0 Å². The fourth-order valence-corrected chi connectivity index (χ4v) is 5.48. The number of hydrogen-bond donors (Lipinski definition) is 0. The Bertz CT molecular complexity index is 810. The first-order chi connectivity index (χ1) is 13.0. The van der Waals surface area contributed by atoms with E-state index in [2.05, 4.69) is 41.9 Å². The molecule has 0 spiro atoms. The summed E-state index contributed by atoms with van der Waals surface area (Å²) >= 11 is 5.10. The zero-order chi connectivity index (χ0) is 19.4. The van der Waals surface area contributed by atoms with E-state index in [-0.39, 0.29) is 21.8 Å². The number of para-hydroxylation sites is 2. The lowest BCUT2D eigenvalue weighted by atomic mass is 9.98. The highest BCUT2D eigenvalue weighted by Crippen LogP contribution is 2.51. The quantitative estimate of drug-likeness (QED) is 0.215. The lowest BCUT2D eigenvalue weighted by Gasteiger charge is -2.42. The molecule has 27 heavy (non-hydrogen) atoms. The number of benzene rings is 2. The number of fused-ring (bicyclic) bond motifs is 1. The summed E-state index contributed by atoms with van der Waals surface area (Å²) in [5, 5.41) is 0.979. The van der Waals surface area contributed by atoms with Gasteiger partial charge in [-0.05, 0) is 51.3 Å². The number of nitrogens with zero attached hydrogens (tertiary/aromatic N) is 1. The first kappa shape index (κ1) is 20.4. The van der Waals surface area contributed by atoms with E-state index in [1.54, 1.807) is 11.9 Å². The second kappa shape index (κ2) is 8.80. The van der Waals surface area contributed by atoms with Crippen LogP contribution in [0.25, 0.3) is 0 Å². The largest absolute Gasteiger partial charge is 0.487 e. The Kier molecular flexibility index (Phi) is 6.66. The van der Waals surface area contributed by atoms with E-state index in [0.29, 0.717) is 6.61 Å². The average Bonchev–Trinajstić information content (AvgIpc) is 2.68. The van der Waals surface area contributed by atoms with Crippen molar-refractivity contribution in [1.82, 2.24) is 3.89 Å². The van der Waals surface area contributed by atoms with Gasteiger partial charge in [0.1, 0.15) is 18.0 Å². The molecule has 0 aliphatic carbocycles. The van der Waals surface area contributed by atoms with Gasteiger partial charge in [-0.1, -0.05) is 46.3 Å². The first-order valence-electron chi connectivity index (χ1n) is 9.52. The smallest absolute Gasteiger partial charge is 0.338 e. The Morgan fingerprint density at radius 2 is 1.81 bits per heavy atom. The standard InChI is InChI=1S/C22H27BrNO2S/c1-16(2)24(19-11-5-6-12-20(19)26-15-9-8-14-23)22(25)17(3)18-10-4-7-13-21(18)27-24/h4-7,10-13,16-17H,8-9,14-15H2,1-3H3/q+1. The van der Waals surface area contributed by atoms with Gasteiger partial charge in [0.2, 0.25) is 0 Å². The number of halogens is 1. The minimum absolute atomic E-state index is 0.0885. The van der Waals surface area contributed by atoms with Gasteiger partial charge in [-0.2, -0.15) is 3.89 Å². The topological polar surface area (TPSA) is 26.3 Å². The third-order valence-corrected chi connectivity index (χ3v) is 7.28. The molecule has 1 heterocycles. The average molecular weight is 449 g/mol. The van der Waals surface area contributed by atoms with E-state index in [1.165, 1.54) is 4.90 Å². The van der Waals surface area contributed by atoms with Gasteiger partial charge in [0, 0.05) is 11.4 Å². The van der Waals surface area contributed by atoms with E-state index in [0.717, 1.165) is 35.2 Å². The number of hydrogen-bond acceptors (Lipinski definition) is 3. The Morgan fingerprint density at radius 3 is 2.56 bits per heavy atom. The fourth-order valence-electron chi connectivity index (χ4n) is 3.58. The van der Waals surface area contributed by atoms with Crippen LogP contribution in [0.4, 0.5) is 5.69 Å². The molecule has 5 heteroatoms. The lowest BCUT2D eigenvalue weighted by Crippen LogP contribution is -2.56. The van der Waals surface area contributed by atoms with Gasteiger partial charge in [0.25, 0.3) is 0 Å². The number of quaternary nitrogens is 1. The highest BCUT2D eigenvalue weighted by atomic mass is 79.9. The summed E-state index contributed by atoms with van der Waals surface area (Å²) < 4.78 is 6.37. The predicted molar refractivity (Wildman–Crippen MR) is 118 cm³/mol. The SMILES string of the molecule is CC1C(=O)[N+](c2ccccc2OCCCCBr)(C(C)C)Sc2ccccc21. The summed E-state index contributed by atoms with van der Waals surface area (Å²) in [6.45, 7) is 6.92. The Balaban J connectivity index is 2.05. The van der Waals surface area contributed by atoms with Crippen LogP contribution in [0.2, 0.25) is 0 Å². The number of carbonyl (C=O) groups is 1. The minimum atomic E-state index is -0.147. The van der Waals surface area contributed by atoms with Gasteiger partial charge in [-0.25, -0.2) is 4.79 Å². The second-order valence-corrected chi connectivity index (χ2v) is 9.14. The van der Waals surface area contributed by atoms with Gasteiger partial charge >= 0.3 is 5.91 Å². The predicted octanol–water partition coefficient (Wildman–Crippen LogP) is 6.31. The van der Waals surface area contributed by atoms with Gasteiger partial charge in [0.05, 0.1) is 17.4 Å². The molecule has 3 nitrogen and oxygen atoms in total. The molecule has 0 radical (unpaired) electrons. The third kappa shape index (κ3) is 3.82. The highest BCUT2D eigenvalue weighted by Gasteiger charge is 2.52. The maximum Gasteiger partial charge on any atom is 0.338 e. The van der Waals surface area contributed by atoms with Crippen molar-refractivity contribution < 1.29 is 9.53 Å². The second-order valence-electron chi connectivity index (χ2n) is 7.15. The lowest BCUT2D eigenvalue weighted by molar-refractivity contribution is -0.128. The van der Waals surface area contributed by atoms with Gasteiger partial charge < -0.3 is 4.74 Å². The van der Waals surface area contributed by atoms with Crippen molar-refractivity contribution in [1.29, 1.82) is 0 Å². The van der Waals surface area contributed by atoms with E-state index in [9.17, 15) is 4.79 Å². The molecule has 2 aromatic carbocycles. The molecule has 2 aromatic rings. The molecule has 0 bridgehead atoms. The maximum atomic E-state index is 13.7. The molecule has 2 atom stereocenters. The normalized spacial score (nSPS) is 22.0. The summed E-state index contributed by atoms with van der Waals surface area (Å²) in [6.07, 6.45) is 2.06. The van der Waals surface area contributed by atoms with Crippen LogP contribution in [0.1, 0.15) is 45.1 Å². The molecule has 0 fully saturated rings. The van der Waals surface area contributed by atoms with Crippen molar-refractivity contribution in [3.05, 3.63) is 54.1 Å². The molecule has 3 rings (SSSR count). The van der Waals surface area contributed by atoms with Gasteiger partial charge in [-0.3, -0.25) is 0 Å². The van der Waals surface area contributed by atoms with Crippen LogP contribution in [0.3, 0.4) is 0 Å². The number of unbranched alkanes of at least 4 members (excludes halogenated alkanes) is 1. The fraction of sp³-hybridized carbons (Fsp3) is 0.409. The summed E-state index contributed by atoms with van der Waals surface area (Å²) in [7, 11) is 0. The monoisotopic (exact) mass is 448 g/mol. The number of rotatable bonds is 7. The maximum absolute atomic E-state index is 13.7. The van der Waals surface area contributed by atoms with E-state index in [4.69, 9.17) is 4.74 Å². The number of alkyl halides is 1. The van der Waals surface area contributed by atoms with E-state index in [1.807, 2.05) is 43.3 Å². The summed E-state index contributed by atoms with van der Waals surface area (Å²) in [5.74, 6) is 0.879. The van der Waals surface area contributed by atoms with Crippen LogP contribution < -0.4 is 8.63 Å². The van der Waals surface area contributed by atoms with Crippen LogP contribution in [0, 0.1) is 0 Å². The number of ether oxygens (including phenoxy) is 1.